The van der Waals surface area contributed by atoms with Crippen molar-refractivity contribution in [1.82, 2.24) is 0 Å². The number of anilines is 2. The van der Waals surface area contributed by atoms with Gasteiger partial charge in [-0.1, -0.05) is 61.5 Å². The van der Waals surface area contributed by atoms with E-state index < -0.39 is 10.0 Å². The molecule has 4 aromatic rings. The Balaban J connectivity index is 1.55. The molecule has 0 radical (unpaired) electrons. The normalized spacial score (nSPS) is 11.1. The van der Waals surface area contributed by atoms with Gasteiger partial charge in [0.1, 0.15) is 17.2 Å². The Bertz CT molecular complexity index is 1440. The molecule has 0 aliphatic heterocycles. The first kappa shape index (κ1) is 27.1. The summed E-state index contributed by atoms with van der Waals surface area (Å²) < 4.78 is 38.2. The number of nitrogens with one attached hydrogen (secondary N) is 1. The smallest absolute Gasteiger partial charge is 0.229 e. The molecule has 0 aliphatic carbocycles. The third kappa shape index (κ3) is 7.76. The van der Waals surface area contributed by atoms with Gasteiger partial charge in [0.15, 0.2) is 0 Å². The van der Waals surface area contributed by atoms with Gasteiger partial charge in [0.2, 0.25) is 10.0 Å². The van der Waals surface area contributed by atoms with Gasteiger partial charge in [0.05, 0.1) is 18.6 Å². The van der Waals surface area contributed by atoms with Crippen LogP contribution in [0.3, 0.4) is 0 Å². The Hall–Kier alpha value is -3.97. The molecule has 0 aromatic heterocycles. The minimum Gasteiger partial charge on any atom is -0.493 e. The number of hydrogen-bond donors (Lipinski definition) is 1. The van der Waals surface area contributed by atoms with Gasteiger partial charge in [-0.25, -0.2) is 8.42 Å². The van der Waals surface area contributed by atoms with Crippen LogP contribution in [0.25, 0.3) is 0 Å². The summed E-state index contributed by atoms with van der Waals surface area (Å²) in [6.07, 6.45) is 2.12. The summed E-state index contributed by atoms with van der Waals surface area (Å²) in [5.74, 6) is 2.26. The molecule has 198 valence electrons. The number of ether oxygens (including phenoxy) is 2. The number of hydrogen-bond acceptors (Lipinski definition) is 5. The second-order valence-corrected chi connectivity index (χ2v) is 11.0. The first-order valence-electron chi connectivity index (χ1n) is 12.7. The van der Waals surface area contributed by atoms with Gasteiger partial charge in [-0.15, -0.1) is 0 Å². The Kier molecular flexibility index (Phi) is 8.92. The lowest BCUT2D eigenvalue weighted by Gasteiger charge is -2.28. The summed E-state index contributed by atoms with van der Waals surface area (Å²) in [5, 5.41) is 0. The third-order valence-corrected chi connectivity index (χ3v) is 6.56. The molecule has 4 aromatic carbocycles. The topological polar surface area (TPSA) is 67.9 Å². The molecule has 0 saturated heterocycles. The maximum Gasteiger partial charge on any atom is 0.229 e. The van der Waals surface area contributed by atoms with E-state index in [0.717, 1.165) is 40.5 Å². The lowest BCUT2D eigenvalue weighted by Crippen LogP contribution is -2.23. The van der Waals surface area contributed by atoms with Crippen LogP contribution < -0.4 is 19.1 Å². The van der Waals surface area contributed by atoms with Gasteiger partial charge >= 0.3 is 0 Å². The van der Waals surface area contributed by atoms with E-state index in [2.05, 4.69) is 40.8 Å². The fourth-order valence-corrected chi connectivity index (χ4v) is 4.79. The van der Waals surface area contributed by atoms with Crippen molar-refractivity contribution in [2.75, 3.05) is 22.5 Å². The van der Waals surface area contributed by atoms with E-state index in [1.165, 1.54) is 11.8 Å². The van der Waals surface area contributed by atoms with Gasteiger partial charge in [0.25, 0.3) is 0 Å². The zero-order valence-electron chi connectivity index (χ0n) is 22.1. The maximum absolute atomic E-state index is 11.9. The van der Waals surface area contributed by atoms with Gasteiger partial charge in [-0.2, -0.15) is 0 Å². The highest BCUT2D eigenvalue weighted by molar-refractivity contribution is 7.92. The van der Waals surface area contributed by atoms with Crippen molar-refractivity contribution >= 4 is 21.4 Å². The summed E-state index contributed by atoms with van der Waals surface area (Å²) >= 11 is 0. The highest BCUT2D eigenvalue weighted by atomic mass is 32.2. The van der Waals surface area contributed by atoms with Crippen LogP contribution in [-0.4, -0.2) is 21.3 Å². The lowest BCUT2D eigenvalue weighted by molar-refractivity contribution is 0.316. The van der Waals surface area contributed by atoms with Crippen molar-refractivity contribution in [2.45, 2.75) is 33.4 Å². The molecule has 6 nitrogen and oxygen atoms in total. The molecule has 0 heterocycles. The monoisotopic (exact) mass is 530 g/mol. The summed E-state index contributed by atoms with van der Waals surface area (Å²) in [7, 11) is -3.39. The van der Waals surface area contributed by atoms with Crippen molar-refractivity contribution < 1.29 is 17.9 Å². The van der Waals surface area contributed by atoms with Crippen LogP contribution in [0.5, 0.6) is 17.2 Å². The van der Waals surface area contributed by atoms with E-state index in [0.29, 0.717) is 25.4 Å². The van der Waals surface area contributed by atoms with E-state index in [1.807, 2.05) is 73.7 Å². The molecule has 0 bridgehead atoms. The molecular formula is C31H34N2O4S. The molecule has 4 rings (SSSR count). The van der Waals surface area contributed by atoms with Crippen LogP contribution in [0.1, 0.15) is 30.0 Å². The Morgan fingerprint density at radius 2 is 1.42 bits per heavy atom. The summed E-state index contributed by atoms with van der Waals surface area (Å²) in [6, 6.07) is 31.6. The Labute approximate surface area is 225 Å². The maximum atomic E-state index is 11.9. The molecule has 0 aliphatic rings. The number of benzene rings is 4. The summed E-state index contributed by atoms with van der Waals surface area (Å²) in [5.41, 5.74) is 4.69. The SMILES string of the molecule is CCCOc1cccc(Oc2ccc(CN(Cc3ccccc3)c3cccc(NS(C)(=O)=O)c3C)cc2)c1. The summed E-state index contributed by atoms with van der Waals surface area (Å²) in [4.78, 5) is 2.25. The molecule has 7 heteroatoms. The van der Waals surface area contributed by atoms with Crippen molar-refractivity contribution in [1.29, 1.82) is 0 Å². The van der Waals surface area contributed by atoms with Crippen LogP contribution in [0.2, 0.25) is 0 Å². The average molecular weight is 531 g/mol. The van der Waals surface area contributed by atoms with E-state index >= 15 is 0 Å². The third-order valence-electron chi connectivity index (χ3n) is 5.97. The van der Waals surface area contributed by atoms with E-state index in [-0.39, 0.29) is 0 Å². The molecular weight excluding hydrogens is 496 g/mol. The van der Waals surface area contributed by atoms with Crippen LogP contribution in [0.15, 0.2) is 97.1 Å². The summed E-state index contributed by atoms with van der Waals surface area (Å²) in [6.45, 7) is 6.00. The molecule has 0 saturated carbocycles. The lowest BCUT2D eigenvalue weighted by atomic mass is 10.1. The van der Waals surface area contributed by atoms with Gasteiger partial charge in [0, 0.05) is 24.8 Å². The van der Waals surface area contributed by atoms with E-state index in [9.17, 15) is 8.42 Å². The predicted molar refractivity (Wildman–Crippen MR) is 155 cm³/mol. The quantitative estimate of drug-likeness (QED) is 0.211. The Morgan fingerprint density at radius 1 is 0.763 bits per heavy atom. The Morgan fingerprint density at radius 3 is 2.11 bits per heavy atom. The minimum absolute atomic E-state index is 0.581. The zero-order valence-corrected chi connectivity index (χ0v) is 22.9. The van der Waals surface area contributed by atoms with Crippen molar-refractivity contribution in [3.05, 3.63) is 114 Å². The predicted octanol–water partition coefficient (Wildman–Crippen LogP) is 7.15. The highest BCUT2D eigenvalue weighted by Crippen LogP contribution is 2.31. The van der Waals surface area contributed by atoms with E-state index in [4.69, 9.17) is 9.47 Å². The zero-order chi connectivity index (χ0) is 27.0. The fourth-order valence-electron chi connectivity index (χ4n) is 4.17. The van der Waals surface area contributed by atoms with Crippen molar-refractivity contribution in [3.63, 3.8) is 0 Å². The van der Waals surface area contributed by atoms with E-state index in [1.54, 1.807) is 6.07 Å². The minimum atomic E-state index is -3.39. The van der Waals surface area contributed by atoms with Crippen molar-refractivity contribution in [3.8, 4) is 17.2 Å². The molecule has 0 fully saturated rings. The first-order chi connectivity index (χ1) is 18.3. The first-order valence-corrected chi connectivity index (χ1v) is 14.6. The number of rotatable bonds is 12. The molecule has 38 heavy (non-hydrogen) atoms. The van der Waals surface area contributed by atoms with Gasteiger partial charge < -0.3 is 14.4 Å². The standard InChI is InChI=1S/C31H34N2O4S/c1-4-20-36-28-12-8-13-29(21-28)37-27-18-16-26(17-19-27)23-33(22-25-10-6-5-7-11-25)31-15-9-14-30(24(31)2)32-38(3,34)35/h5-19,21,32H,4,20,22-23H2,1-3H3. The number of nitrogens with zero attached hydrogens (tertiary/aromatic N) is 1. The van der Waals surface area contributed by atoms with Crippen LogP contribution in [0.4, 0.5) is 11.4 Å². The van der Waals surface area contributed by atoms with Gasteiger partial charge in [-0.05, 0) is 66.4 Å². The largest absolute Gasteiger partial charge is 0.493 e. The molecule has 0 spiro atoms. The van der Waals surface area contributed by atoms with Gasteiger partial charge in [-0.3, -0.25) is 4.72 Å². The number of sulfonamides is 1. The van der Waals surface area contributed by atoms with Crippen molar-refractivity contribution in [2.24, 2.45) is 0 Å². The van der Waals surface area contributed by atoms with Crippen LogP contribution in [-0.2, 0) is 23.1 Å². The molecule has 0 amide bonds. The van der Waals surface area contributed by atoms with Crippen LogP contribution >= 0.6 is 0 Å². The average Bonchev–Trinajstić information content (AvgIpc) is 2.89. The molecule has 1 N–H and O–H groups in total. The van der Waals surface area contributed by atoms with Crippen LogP contribution in [0, 0.1) is 6.92 Å². The second kappa shape index (κ2) is 12.5. The highest BCUT2D eigenvalue weighted by Gasteiger charge is 2.15. The molecule has 0 unspecified atom stereocenters. The second-order valence-electron chi connectivity index (χ2n) is 9.23. The molecule has 0 atom stereocenters. The fraction of sp³-hybridized carbons (Fsp3) is 0.226.